The van der Waals surface area contributed by atoms with E-state index in [-0.39, 0.29) is 0 Å². The minimum Gasteiger partial charge on any atom is -0.295 e. The molecule has 0 N–H and O–H groups in total. The third kappa shape index (κ3) is 3.94. The van der Waals surface area contributed by atoms with Crippen molar-refractivity contribution < 1.29 is 0 Å². The molecular weight excluding hydrogens is 318 g/mol. The van der Waals surface area contributed by atoms with Crippen LogP contribution >= 0.6 is 0 Å². The van der Waals surface area contributed by atoms with E-state index in [0.29, 0.717) is 0 Å². The van der Waals surface area contributed by atoms with Gasteiger partial charge in [-0.05, 0) is 23.3 Å². The van der Waals surface area contributed by atoms with E-state index in [1.165, 1.54) is 27.5 Å². The van der Waals surface area contributed by atoms with Crippen molar-refractivity contribution in [3.8, 4) is 0 Å². The van der Waals surface area contributed by atoms with E-state index in [0.717, 1.165) is 32.7 Å². The van der Waals surface area contributed by atoms with Crippen LogP contribution in [0.4, 0.5) is 0 Å². The van der Waals surface area contributed by atoms with Crippen LogP contribution in [0.25, 0.3) is 10.8 Å². The molecule has 0 radical (unpaired) electrons. The van der Waals surface area contributed by atoms with E-state index in [1.54, 1.807) is 0 Å². The molecular formula is C23H25N3. The predicted octanol–water partition coefficient (Wildman–Crippen LogP) is 4.30. The summed E-state index contributed by atoms with van der Waals surface area (Å²) in [6.07, 6.45) is 2.01. The molecule has 1 aliphatic rings. The molecule has 0 aromatic heterocycles. The molecule has 0 bridgehead atoms. The summed E-state index contributed by atoms with van der Waals surface area (Å²) in [7, 11) is 0. The molecule has 3 aromatic carbocycles. The lowest BCUT2D eigenvalue weighted by Crippen LogP contribution is -2.43. The van der Waals surface area contributed by atoms with Gasteiger partial charge in [0.05, 0.1) is 6.21 Å². The van der Waals surface area contributed by atoms with E-state index in [4.69, 9.17) is 5.10 Å². The molecule has 132 valence electrons. The molecule has 4 rings (SSSR count). The van der Waals surface area contributed by atoms with Crippen molar-refractivity contribution in [2.24, 2.45) is 5.10 Å². The summed E-state index contributed by atoms with van der Waals surface area (Å²) in [6.45, 7) is 7.24. The highest BCUT2D eigenvalue weighted by atomic mass is 15.5. The maximum absolute atomic E-state index is 4.74. The van der Waals surface area contributed by atoms with Crippen molar-refractivity contribution in [2.45, 2.75) is 13.5 Å². The van der Waals surface area contributed by atoms with E-state index >= 15 is 0 Å². The highest BCUT2D eigenvalue weighted by Crippen LogP contribution is 2.17. The number of fused-ring (bicyclic) bond motifs is 1. The highest BCUT2D eigenvalue weighted by molar-refractivity contribution is 5.99. The van der Waals surface area contributed by atoms with Gasteiger partial charge in [0, 0.05) is 38.3 Å². The van der Waals surface area contributed by atoms with E-state index < -0.39 is 0 Å². The van der Waals surface area contributed by atoms with Crippen LogP contribution in [0.5, 0.6) is 0 Å². The Morgan fingerprint density at radius 3 is 2.38 bits per heavy atom. The van der Waals surface area contributed by atoms with Crippen LogP contribution in [-0.4, -0.2) is 42.3 Å². The monoisotopic (exact) mass is 343 g/mol. The van der Waals surface area contributed by atoms with Crippen molar-refractivity contribution in [3.05, 3.63) is 83.4 Å². The third-order valence-electron chi connectivity index (χ3n) is 5.06. The number of aryl methyl sites for hydroxylation is 1. The Labute approximate surface area is 155 Å². The zero-order valence-corrected chi connectivity index (χ0v) is 15.3. The van der Waals surface area contributed by atoms with Gasteiger partial charge in [-0.2, -0.15) is 5.10 Å². The second-order valence-electron chi connectivity index (χ2n) is 7.03. The first-order valence-corrected chi connectivity index (χ1v) is 9.32. The zero-order chi connectivity index (χ0) is 17.8. The van der Waals surface area contributed by atoms with E-state index in [9.17, 15) is 0 Å². The summed E-state index contributed by atoms with van der Waals surface area (Å²) in [5.74, 6) is 0. The van der Waals surface area contributed by atoms with Crippen molar-refractivity contribution in [1.29, 1.82) is 0 Å². The molecule has 26 heavy (non-hydrogen) atoms. The molecule has 1 fully saturated rings. The van der Waals surface area contributed by atoms with E-state index in [2.05, 4.69) is 83.6 Å². The Balaban J connectivity index is 1.36. The minimum atomic E-state index is 0.979. The van der Waals surface area contributed by atoms with Crippen LogP contribution in [0.2, 0.25) is 0 Å². The number of piperazine rings is 1. The molecule has 1 saturated heterocycles. The molecule has 1 heterocycles. The van der Waals surface area contributed by atoms with Gasteiger partial charge in [0.2, 0.25) is 0 Å². The average molecular weight is 343 g/mol. The fourth-order valence-electron chi connectivity index (χ4n) is 3.47. The Morgan fingerprint density at radius 1 is 0.846 bits per heavy atom. The molecule has 3 heteroatoms. The Morgan fingerprint density at radius 2 is 1.58 bits per heavy atom. The Bertz CT molecular complexity index is 885. The maximum Gasteiger partial charge on any atom is 0.0549 e. The fourth-order valence-corrected chi connectivity index (χ4v) is 3.47. The van der Waals surface area contributed by atoms with Gasteiger partial charge in [-0.1, -0.05) is 72.3 Å². The van der Waals surface area contributed by atoms with Crippen LogP contribution in [0.3, 0.4) is 0 Å². The lowest BCUT2D eigenvalue weighted by molar-refractivity contribution is 0.131. The van der Waals surface area contributed by atoms with E-state index in [1.807, 2.05) is 6.21 Å². The average Bonchev–Trinajstić information content (AvgIpc) is 2.69. The summed E-state index contributed by atoms with van der Waals surface area (Å²) >= 11 is 0. The van der Waals surface area contributed by atoms with Gasteiger partial charge in [0.15, 0.2) is 0 Å². The van der Waals surface area contributed by atoms with Gasteiger partial charge < -0.3 is 0 Å². The molecule has 3 aromatic rings. The quantitative estimate of drug-likeness (QED) is 0.658. The Kier molecular flexibility index (Phi) is 4.98. The number of benzene rings is 3. The molecule has 1 aliphatic heterocycles. The molecule has 0 aliphatic carbocycles. The van der Waals surface area contributed by atoms with Gasteiger partial charge in [-0.25, -0.2) is 0 Å². The number of hydrogen-bond donors (Lipinski definition) is 0. The first kappa shape index (κ1) is 16.8. The zero-order valence-electron chi connectivity index (χ0n) is 15.3. The standard InChI is InChI=1S/C23H25N3/c1-19-9-11-20(12-10-19)18-25-13-15-26(16-14-25)24-17-22-7-4-6-21-5-2-3-8-23(21)22/h2-12,17H,13-16,18H2,1H3/b24-17-. The number of nitrogens with zero attached hydrogens (tertiary/aromatic N) is 3. The van der Waals surface area contributed by atoms with Gasteiger partial charge in [-0.15, -0.1) is 0 Å². The minimum absolute atomic E-state index is 0.979. The van der Waals surface area contributed by atoms with Crippen molar-refractivity contribution in [2.75, 3.05) is 26.2 Å². The molecule has 3 nitrogen and oxygen atoms in total. The van der Waals surface area contributed by atoms with Gasteiger partial charge in [0.1, 0.15) is 0 Å². The summed E-state index contributed by atoms with van der Waals surface area (Å²) in [4.78, 5) is 2.51. The maximum atomic E-state index is 4.74. The highest BCUT2D eigenvalue weighted by Gasteiger charge is 2.15. The number of hydrogen-bond acceptors (Lipinski definition) is 3. The van der Waals surface area contributed by atoms with Crippen LogP contribution in [0.15, 0.2) is 71.8 Å². The summed E-state index contributed by atoms with van der Waals surface area (Å²) in [6, 6.07) is 23.7. The summed E-state index contributed by atoms with van der Waals surface area (Å²) in [5, 5.41) is 9.45. The van der Waals surface area contributed by atoms with Gasteiger partial charge in [0.25, 0.3) is 0 Å². The van der Waals surface area contributed by atoms with Crippen molar-refractivity contribution in [3.63, 3.8) is 0 Å². The molecule has 0 amide bonds. The van der Waals surface area contributed by atoms with Crippen molar-refractivity contribution >= 4 is 17.0 Å². The first-order valence-electron chi connectivity index (χ1n) is 9.32. The van der Waals surface area contributed by atoms with Crippen LogP contribution in [-0.2, 0) is 6.54 Å². The number of rotatable bonds is 4. The molecule has 0 spiro atoms. The first-order chi connectivity index (χ1) is 12.8. The molecule has 0 atom stereocenters. The van der Waals surface area contributed by atoms with Crippen molar-refractivity contribution in [1.82, 2.24) is 9.91 Å². The number of hydrazone groups is 1. The van der Waals surface area contributed by atoms with Crippen LogP contribution < -0.4 is 0 Å². The smallest absolute Gasteiger partial charge is 0.0549 e. The molecule has 0 unspecified atom stereocenters. The third-order valence-corrected chi connectivity index (χ3v) is 5.06. The lowest BCUT2D eigenvalue weighted by Gasteiger charge is -2.33. The lowest BCUT2D eigenvalue weighted by atomic mass is 10.1. The SMILES string of the molecule is Cc1ccc(CN2CCN(/N=C\c3cccc4ccccc34)CC2)cc1. The van der Waals surface area contributed by atoms with Gasteiger partial charge >= 0.3 is 0 Å². The topological polar surface area (TPSA) is 18.8 Å². The van der Waals surface area contributed by atoms with Crippen LogP contribution in [0.1, 0.15) is 16.7 Å². The normalized spacial score (nSPS) is 15.8. The second kappa shape index (κ2) is 7.71. The Hall–Kier alpha value is -2.65. The second-order valence-corrected chi connectivity index (χ2v) is 7.03. The van der Waals surface area contributed by atoms with Gasteiger partial charge in [-0.3, -0.25) is 9.91 Å². The molecule has 0 saturated carbocycles. The fraction of sp³-hybridized carbons (Fsp3) is 0.261. The largest absolute Gasteiger partial charge is 0.295 e. The van der Waals surface area contributed by atoms with Crippen LogP contribution in [0, 0.1) is 6.92 Å². The summed E-state index contributed by atoms with van der Waals surface area (Å²) in [5.41, 5.74) is 3.90. The predicted molar refractivity (Wildman–Crippen MR) is 110 cm³/mol. The summed E-state index contributed by atoms with van der Waals surface area (Å²) < 4.78 is 0.